The van der Waals surface area contributed by atoms with Gasteiger partial charge in [-0.25, -0.2) is 18.1 Å². The van der Waals surface area contributed by atoms with E-state index in [9.17, 15) is 8.42 Å². The van der Waals surface area contributed by atoms with Crippen LogP contribution >= 0.6 is 11.3 Å². The highest BCUT2D eigenvalue weighted by molar-refractivity contribution is 7.91. The average molecular weight is 320 g/mol. The first-order valence-corrected chi connectivity index (χ1v) is 9.05. The molecule has 0 radical (unpaired) electrons. The van der Waals surface area contributed by atoms with Gasteiger partial charge in [0.1, 0.15) is 0 Å². The van der Waals surface area contributed by atoms with Gasteiger partial charge in [-0.15, -0.1) is 11.3 Å². The van der Waals surface area contributed by atoms with E-state index < -0.39 is 10.0 Å². The van der Waals surface area contributed by atoms with E-state index in [4.69, 9.17) is 9.47 Å². The summed E-state index contributed by atoms with van der Waals surface area (Å²) in [6.45, 7) is 4.07. The summed E-state index contributed by atoms with van der Waals surface area (Å²) >= 11 is 1.13. The average Bonchev–Trinajstić information content (AvgIpc) is 3.05. The van der Waals surface area contributed by atoms with E-state index in [0.717, 1.165) is 36.5 Å². The molecular weight excluding hydrogens is 300 g/mol. The van der Waals surface area contributed by atoms with Crippen LogP contribution in [0.5, 0.6) is 0 Å². The lowest BCUT2D eigenvalue weighted by molar-refractivity contribution is 0.0169. The Labute approximate surface area is 123 Å². The van der Waals surface area contributed by atoms with Gasteiger partial charge in [-0.1, -0.05) is 0 Å². The minimum absolute atomic E-state index is 0.121. The lowest BCUT2D eigenvalue weighted by atomic mass is 10.2. The van der Waals surface area contributed by atoms with Crippen LogP contribution in [-0.2, 0) is 19.5 Å². The molecule has 1 unspecified atom stereocenters. The van der Waals surface area contributed by atoms with Crippen LogP contribution in [0.15, 0.2) is 9.72 Å². The molecule has 1 aromatic rings. The lowest BCUT2D eigenvalue weighted by Gasteiger charge is -2.10. The predicted molar refractivity (Wildman–Crippen MR) is 76.4 cm³/mol. The van der Waals surface area contributed by atoms with E-state index in [1.807, 2.05) is 0 Å². The molecule has 0 amide bonds. The summed E-state index contributed by atoms with van der Waals surface area (Å²) in [5.74, 6) is 0. The molecule has 8 heteroatoms. The van der Waals surface area contributed by atoms with Crippen LogP contribution in [0.25, 0.3) is 0 Å². The predicted octanol–water partition coefficient (Wildman–Crippen LogP) is 1.32. The van der Waals surface area contributed by atoms with Crippen LogP contribution in [0, 0.1) is 6.92 Å². The van der Waals surface area contributed by atoms with E-state index in [0.29, 0.717) is 26.2 Å². The van der Waals surface area contributed by atoms with E-state index in [1.165, 1.54) is 0 Å². The molecule has 1 saturated heterocycles. The van der Waals surface area contributed by atoms with Gasteiger partial charge in [-0.3, -0.25) is 0 Å². The first-order chi connectivity index (χ1) is 9.58. The number of thiazole rings is 1. The number of nitrogens with one attached hydrogen (secondary N) is 1. The van der Waals surface area contributed by atoms with Gasteiger partial charge in [-0.05, 0) is 26.2 Å². The van der Waals surface area contributed by atoms with Gasteiger partial charge in [0.15, 0.2) is 0 Å². The number of ether oxygens (including phenoxy) is 2. The number of hydrogen-bond acceptors (Lipinski definition) is 6. The number of aromatic nitrogens is 1. The van der Waals surface area contributed by atoms with Crippen molar-refractivity contribution < 1.29 is 17.9 Å². The molecule has 0 aliphatic carbocycles. The van der Waals surface area contributed by atoms with E-state index in [2.05, 4.69) is 9.71 Å². The number of aryl methyl sites for hydroxylation is 1. The number of rotatable bonds is 8. The third kappa shape index (κ3) is 4.78. The summed E-state index contributed by atoms with van der Waals surface area (Å²) in [5.41, 5.74) is 0.718. The highest BCUT2D eigenvalue weighted by atomic mass is 32.2. The third-order valence-electron chi connectivity index (χ3n) is 2.91. The zero-order chi connectivity index (χ0) is 14.4. The largest absolute Gasteiger partial charge is 0.379 e. The first kappa shape index (κ1) is 15.8. The van der Waals surface area contributed by atoms with Gasteiger partial charge in [0.05, 0.1) is 12.7 Å². The Morgan fingerprint density at radius 3 is 3.10 bits per heavy atom. The van der Waals surface area contributed by atoms with Crippen molar-refractivity contribution in [1.82, 2.24) is 9.71 Å². The van der Waals surface area contributed by atoms with Crippen molar-refractivity contribution in [3.8, 4) is 0 Å². The number of sulfonamides is 1. The van der Waals surface area contributed by atoms with Gasteiger partial charge < -0.3 is 9.47 Å². The highest BCUT2D eigenvalue weighted by Crippen LogP contribution is 2.14. The molecule has 1 aromatic heterocycles. The molecule has 1 aliphatic heterocycles. The maximum Gasteiger partial charge on any atom is 0.267 e. The number of nitrogens with zero attached hydrogens (tertiary/aromatic N) is 1. The molecule has 0 aromatic carbocycles. The van der Waals surface area contributed by atoms with Crippen molar-refractivity contribution in [3.05, 3.63) is 11.1 Å². The maximum absolute atomic E-state index is 11.9. The van der Waals surface area contributed by atoms with Crippen molar-refractivity contribution in [2.75, 3.05) is 26.4 Å². The molecule has 1 atom stereocenters. The zero-order valence-corrected chi connectivity index (χ0v) is 13.1. The summed E-state index contributed by atoms with van der Waals surface area (Å²) in [4.78, 5) is 3.97. The molecule has 0 bridgehead atoms. The molecule has 20 heavy (non-hydrogen) atoms. The molecule has 0 spiro atoms. The van der Waals surface area contributed by atoms with E-state index in [-0.39, 0.29) is 10.4 Å². The summed E-state index contributed by atoms with van der Waals surface area (Å²) in [6, 6.07) is 0. The molecular formula is C12H20N2O4S2. The van der Waals surface area contributed by atoms with E-state index >= 15 is 0 Å². The fraction of sp³-hybridized carbons (Fsp3) is 0.750. The van der Waals surface area contributed by atoms with Gasteiger partial charge in [0.2, 0.25) is 4.34 Å². The third-order valence-corrected chi connectivity index (χ3v) is 5.75. The molecule has 2 heterocycles. The second-order valence-corrected chi connectivity index (χ2v) is 7.51. The molecule has 114 valence electrons. The Morgan fingerprint density at radius 2 is 2.45 bits per heavy atom. The Bertz CT molecular complexity index is 509. The second kappa shape index (κ2) is 7.46. The van der Waals surface area contributed by atoms with Crippen molar-refractivity contribution in [3.63, 3.8) is 0 Å². The first-order valence-electron chi connectivity index (χ1n) is 6.69. The van der Waals surface area contributed by atoms with E-state index in [1.54, 1.807) is 12.3 Å². The van der Waals surface area contributed by atoms with Crippen LogP contribution in [-0.4, -0.2) is 45.9 Å². The summed E-state index contributed by atoms with van der Waals surface area (Å²) in [7, 11) is -3.47. The minimum atomic E-state index is -3.47. The lowest BCUT2D eigenvalue weighted by Crippen LogP contribution is -2.26. The smallest absolute Gasteiger partial charge is 0.267 e. The Kier molecular flexibility index (Phi) is 5.91. The summed E-state index contributed by atoms with van der Waals surface area (Å²) < 4.78 is 37.3. The fourth-order valence-electron chi connectivity index (χ4n) is 1.89. The summed E-state index contributed by atoms with van der Waals surface area (Å²) in [5, 5.41) is 1.72. The van der Waals surface area contributed by atoms with Crippen molar-refractivity contribution in [1.29, 1.82) is 0 Å². The Hall–Kier alpha value is -0.540. The molecule has 1 N–H and O–H groups in total. The highest BCUT2D eigenvalue weighted by Gasteiger charge is 2.17. The van der Waals surface area contributed by atoms with Gasteiger partial charge in [0.25, 0.3) is 10.0 Å². The summed E-state index contributed by atoms with van der Waals surface area (Å²) in [6.07, 6.45) is 3.00. The van der Waals surface area contributed by atoms with Crippen LogP contribution in [0.4, 0.5) is 0 Å². The molecule has 1 fully saturated rings. The SMILES string of the molecule is Cc1csc(S(=O)(=O)NCCCOCC2CCCO2)n1. The Morgan fingerprint density at radius 1 is 1.60 bits per heavy atom. The molecule has 6 nitrogen and oxygen atoms in total. The van der Waals surface area contributed by atoms with Crippen LogP contribution in [0.1, 0.15) is 25.0 Å². The Balaban J connectivity index is 1.60. The second-order valence-electron chi connectivity index (χ2n) is 4.72. The molecule has 1 aliphatic rings. The van der Waals surface area contributed by atoms with Gasteiger partial charge >= 0.3 is 0 Å². The number of hydrogen-bond donors (Lipinski definition) is 1. The van der Waals surface area contributed by atoms with Crippen LogP contribution in [0.2, 0.25) is 0 Å². The fourth-order valence-corrected chi connectivity index (χ4v) is 4.04. The standard InChI is InChI=1S/C12H20N2O4S2/c1-10-9-19-12(14-10)20(15,16)13-5-3-6-17-8-11-4-2-7-18-11/h9,11,13H,2-8H2,1H3. The zero-order valence-electron chi connectivity index (χ0n) is 11.5. The van der Waals surface area contributed by atoms with Crippen LogP contribution < -0.4 is 4.72 Å². The maximum atomic E-state index is 11.9. The van der Waals surface area contributed by atoms with Crippen molar-refractivity contribution in [2.45, 2.75) is 36.6 Å². The normalized spacial score (nSPS) is 19.6. The van der Waals surface area contributed by atoms with Crippen molar-refractivity contribution >= 4 is 21.4 Å². The quantitative estimate of drug-likeness (QED) is 0.731. The van der Waals surface area contributed by atoms with Crippen molar-refractivity contribution in [2.24, 2.45) is 0 Å². The molecule has 2 rings (SSSR count). The van der Waals surface area contributed by atoms with Crippen LogP contribution in [0.3, 0.4) is 0 Å². The van der Waals surface area contributed by atoms with Gasteiger partial charge in [-0.2, -0.15) is 0 Å². The molecule has 0 saturated carbocycles. The minimum Gasteiger partial charge on any atom is -0.379 e. The topological polar surface area (TPSA) is 77.5 Å². The van der Waals surface area contributed by atoms with Gasteiger partial charge in [0, 0.05) is 30.8 Å². The monoisotopic (exact) mass is 320 g/mol.